The van der Waals surface area contributed by atoms with E-state index in [0.29, 0.717) is 23.5 Å². The zero-order valence-electron chi connectivity index (χ0n) is 11.0. The molecule has 0 spiro atoms. The van der Waals surface area contributed by atoms with Crippen molar-refractivity contribution in [2.24, 2.45) is 0 Å². The summed E-state index contributed by atoms with van der Waals surface area (Å²) in [4.78, 5) is 12.2. The van der Waals surface area contributed by atoms with Crippen molar-refractivity contribution in [3.8, 4) is 5.75 Å². The lowest BCUT2D eigenvalue weighted by Gasteiger charge is -2.11. The van der Waals surface area contributed by atoms with E-state index in [0.717, 1.165) is 10.0 Å². The molecule has 0 aromatic heterocycles. The molecule has 5 heteroatoms. The Hall–Kier alpha value is -2.01. The van der Waals surface area contributed by atoms with Gasteiger partial charge in [-0.05, 0) is 29.8 Å². The fourth-order valence-electron chi connectivity index (χ4n) is 1.82. The molecular weight excluding hydrogens is 320 g/mol. The number of carbonyl (C=O) groups is 1. The van der Waals surface area contributed by atoms with Gasteiger partial charge < -0.3 is 15.8 Å². The van der Waals surface area contributed by atoms with E-state index in [9.17, 15) is 4.79 Å². The molecule has 2 rings (SSSR count). The number of halogens is 1. The minimum atomic E-state index is -0.218. The Bertz CT molecular complexity index is 629. The number of hydrogen-bond acceptors (Lipinski definition) is 3. The number of ether oxygens (including phenoxy) is 1. The number of carbonyl (C=O) groups excluding carboxylic acids is 1. The van der Waals surface area contributed by atoms with Crippen LogP contribution in [0.2, 0.25) is 0 Å². The van der Waals surface area contributed by atoms with Crippen molar-refractivity contribution in [1.29, 1.82) is 0 Å². The number of anilines is 1. The number of amides is 1. The van der Waals surface area contributed by atoms with E-state index in [-0.39, 0.29) is 5.91 Å². The normalized spacial score (nSPS) is 10.1. The highest BCUT2D eigenvalue weighted by molar-refractivity contribution is 9.10. The van der Waals surface area contributed by atoms with Crippen molar-refractivity contribution >= 4 is 27.5 Å². The van der Waals surface area contributed by atoms with Gasteiger partial charge in [0.1, 0.15) is 5.75 Å². The fourth-order valence-corrected chi connectivity index (χ4v) is 2.24. The monoisotopic (exact) mass is 334 g/mol. The Morgan fingerprint density at radius 2 is 2.05 bits per heavy atom. The van der Waals surface area contributed by atoms with Crippen LogP contribution in [0.3, 0.4) is 0 Å². The van der Waals surface area contributed by atoms with E-state index in [1.807, 2.05) is 24.3 Å². The van der Waals surface area contributed by atoms with Crippen LogP contribution in [0.1, 0.15) is 15.9 Å². The Morgan fingerprint density at radius 1 is 1.30 bits per heavy atom. The average molecular weight is 335 g/mol. The largest absolute Gasteiger partial charge is 0.496 e. The van der Waals surface area contributed by atoms with Crippen molar-refractivity contribution in [3.63, 3.8) is 0 Å². The predicted molar refractivity (Wildman–Crippen MR) is 82.7 cm³/mol. The SMILES string of the molecule is COc1ccc(N)cc1C(=O)NCc1ccccc1Br. The second-order valence-corrected chi connectivity index (χ2v) is 5.09. The first-order valence-electron chi connectivity index (χ1n) is 6.07. The Morgan fingerprint density at radius 3 is 2.75 bits per heavy atom. The lowest BCUT2D eigenvalue weighted by atomic mass is 10.1. The van der Waals surface area contributed by atoms with E-state index < -0.39 is 0 Å². The fraction of sp³-hybridized carbons (Fsp3) is 0.133. The van der Waals surface area contributed by atoms with Crippen molar-refractivity contribution in [2.45, 2.75) is 6.54 Å². The van der Waals surface area contributed by atoms with Crippen molar-refractivity contribution in [3.05, 3.63) is 58.1 Å². The summed E-state index contributed by atoms with van der Waals surface area (Å²) in [5.41, 5.74) is 7.67. The molecule has 1 amide bonds. The van der Waals surface area contributed by atoms with Crippen LogP contribution >= 0.6 is 15.9 Å². The molecule has 0 saturated carbocycles. The van der Waals surface area contributed by atoms with Crippen molar-refractivity contribution < 1.29 is 9.53 Å². The van der Waals surface area contributed by atoms with E-state index >= 15 is 0 Å². The van der Waals surface area contributed by atoms with Gasteiger partial charge in [0, 0.05) is 16.7 Å². The van der Waals surface area contributed by atoms with Crippen LogP contribution in [0, 0.1) is 0 Å². The molecule has 3 N–H and O–H groups in total. The number of nitrogen functional groups attached to an aromatic ring is 1. The first-order chi connectivity index (χ1) is 9.61. The molecule has 0 atom stereocenters. The molecule has 2 aromatic carbocycles. The maximum absolute atomic E-state index is 12.2. The quantitative estimate of drug-likeness (QED) is 0.845. The topological polar surface area (TPSA) is 64.3 Å². The molecule has 4 nitrogen and oxygen atoms in total. The molecule has 0 fully saturated rings. The summed E-state index contributed by atoms with van der Waals surface area (Å²) in [6.45, 7) is 0.429. The molecule has 2 aromatic rings. The highest BCUT2D eigenvalue weighted by Crippen LogP contribution is 2.21. The number of methoxy groups -OCH3 is 1. The standard InChI is InChI=1S/C15H15BrN2O2/c1-20-14-7-6-11(17)8-12(14)15(19)18-9-10-4-2-3-5-13(10)16/h2-8H,9,17H2,1H3,(H,18,19). The van der Waals surface area contributed by atoms with Gasteiger partial charge in [-0.1, -0.05) is 34.1 Å². The number of rotatable bonds is 4. The van der Waals surface area contributed by atoms with E-state index in [4.69, 9.17) is 10.5 Å². The molecule has 20 heavy (non-hydrogen) atoms. The zero-order valence-corrected chi connectivity index (χ0v) is 12.6. The zero-order chi connectivity index (χ0) is 14.5. The van der Waals surface area contributed by atoms with Gasteiger partial charge in [-0.2, -0.15) is 0 Å². The van der Waals surface area contributed by atoms with Crippen LogP contribution in [0.15, 0.2) is 46.9 Å². The number of benzene rings is 2. The highest BCUT2D eigenvalue weighted by Gasteiger charge is 2.12. The molecule has 104 valence electrons. The predicted octanol–water partition coefficient (Wildman–Crippen LogP) is 2.97. The summed E-state index contributed by atoms with van der Waals surface area (Å²) in [5.74, 6) is 0.286. The molecule has 0 radical (unpaired) electrons. The van der Waals surface area contributed by atoms with Crippen molar-refractivity contribution in [2.75, 3.05) is 12.8 Å². The molecule has 0 aliphatic heterocycles. The Labute approximate surface area is 126 Å². The summed E-state index contributed by atoms with van der Waals surface area (Å²) in [6, 6.07) is 12.7. The van der Waals surface area contributed by atoms with Crippen molar-refractivity contribution in [1.82, 2.24) is 5.32 Å². The Kier molecular flexibility index (Phi) is 4.63. The summed E-state index contributed by atoms with van der Waals surface area (Å²) >= 11 is 3.45. The summed E-state index contributed by atoms with van der Waals surface area (Å²) in [7, 11) is 1.52. The van der Waals surface area contributed by atoms with Crippen LogP contribution < -0.4 is 15.8 Å². The van der Waals surface area contributed by atoms with Gasteiger partial charge in [0.05, 0.1) is 12.7 Å². The van der Waals surface area contributed by atoms with E-state index in [2.05, 4.69) is 21.2 Å². The maximum Gasteiger partial charge on any atom is 0.255 e. The molecule has 0 heterocycles. The van der Waals surface area contributed by atoms with E-state index in [1.165, 1.54) is 7.11 Å². The second kappa shape index (κ2) is 6.43. The molecule has 0 aliphatic carbocycles. The van der Waals surface area contributed by atoms with Gasteiger partial charge in [0.25, 0.3) is 5.91 Å². The third-order valence-electron chi connectivity index (χ3n) is 2.87. The number of hydrogen-bond donors (Lipinski definition) is 2. The maximum atomic E-state index is 12.2. The van der Waals surface area contributed by atoms with Crippen LogP contribution in [0.4, 0.5) is 5.69 Å². The molecule has 0 bridgehead atoms. The Balaban J connectivity index is 2.13. The first kappa shape index (κ1) is 14.4. The summed E-state index contributed by atoms with van der Waals surface area (Å²) in [6.07, 6.45) is 0. The smallest absolute Gasteiger partial charge is 0.255 e. The molecule has 0 saturated heterocycles. The molecule has 0 aliphatic rings. The average Bonchev–Trinajstić information content (AvgIpc) is 2.46. The van der Waals surface area contributed by atoms with Gasteiger partial charge >= 0.3 is 0 Å². The second-order valence-electron chi connectivity index (χ2n) is 4.23. The highest BCUT2D eigenvalue weighted by atomic mass is 79.9. The van der Waals surface area contributed by atoms with Crippen LogP contribution in [0.5, 0.6) is 5.75 Å². The lowest BCUT2D eigenvalue weighted by Crippen LogP contribution is -2.23. The third-order valence-corrected chi connectivity index (χ3v) is 3.64. The third kappa shape index (κ3) is 3.30. The summed E-state index contributed by atoms with van der Waals surface area (Å²) in [5, 5.41) is 2.85. The van der Waals surface area contributed by atoms with Crippen LogP contribution in [-0.2, 0) is 6.54 Å². The summed E-state index contributed by atoms with van der Waals surface area (Å²) < 4.78 is 6.13. The van der Waals surface area contributed by atoms with Gasteiger partial charge in [0.2, 0.25) is 0 Å². The van der Waals surface area contributed by atoms with Gasteiger partial charge in [-0.15, -0.1) is 0 Å². The van der Waals surface area contributed by atoms with Gasteiger partial charge in [-0.3, -0.25) is 4.79 Å². The molecular formula is C15H15BrN2O2. The minimum absolute atomic E-state index is 0.218. The minimum Gasteiger partial charge on any atom is -0.496 e. The first-order valence-corrected chi connectivity index (χ1v) is 6.86. The molecule has 0 unspecified atom stereocenters. The lowest BCUT2D eigenvalue weighted by molar-refractivity contribution is 0.0948. The van der Waals surface area contributed by atoms with Crippen LogP contribution in [0.25, 0.3) is 0 Å². The number of nitrogens with one attached hydrogen (secondary N) is 1. The number of nitrogens with two attached hydrogens (primary N) is 1. The van der Waals surface area contributed by atoms with Crippen LogP contribution in [-0.4, -0.2) is 13.0 Å². The van der Waals surface area contributed by atoms with Gasteiger partial charge in [-0.25, -0.2) is 0 Å². The van der Waals surface area contributed by atoms with Gasteiger partial charge in [0.15, 0.2) is 0 Å². The van der Waals surface area contributed by atoms with E-state index in [1.54, 1.807) is 18.2 Å².